The van der Waals surface area contributed by atoms with Crippen LogP contribution in [0.15, 0.2) is 0 Å². The van der Waals surface area contributed by atoms with E-state index in [1.807, 2.05) is 0 Å². The summed E-state index contributed by atoms with van der Waals surface area (Å²) in [4.78, 5) is 14.3. The van der Waals surface area contributed by atoms with Crippen molar-refractivity contribution in [2.24, 2.45) is 5.92 Å². The monoisotopic (exact) mass is 275 g/mol. The topological polar surface area (TPSA) is 29.5 Å². The summed E-state index contributed by atoms with van der Waals surface area (Å²) in [7, 11) is 0. The minimum Gasteiger partial charge on any atom is -0.381 e. The summed E-state index contributed by atoms with van der Waals surface area (Å²) in [6.45, 7) is 2.37. The first-order valence-electron chi connectivity index (χ1n) is 5.77. The minimum atomic E-state index is 0.221. The number of rotatable bonds is 4. The largest absolute Gasteiger partial charge is 0.381 e. The number of hydrogen-bond donors (Lipinski definition) is 0. The van der Waals surface area contributed by atoms with Crippen LogP contribution in [0.2, 0.25) is 0 Å². The highest BCUT2D eigenvalue weighted by Crippen LogP contribution is 2.30. The molecule has 0 radical (unpaired) electrons. The Kier molecular flexibility index (Phi) is 4.03. The Morgan fingerprint density at radius 2 is 1.93 bits per heavy atom. The summed E-state index contributed by atoms with van der Waals surface area (Å²) in [6.07, 6.45) is 4.21. The van der Waals surface area contributed by atoms with Crippen LogP contribution in [0.25, 0.3) is 0 Å². The smallest absolute Gasteiger partial charge is 0.226 e. The lowest BCUT2D eigenvalue weighted by atomic mass is 9.98. The van der Waals surface area contributed by atoms with Crippen LogP contribution in [0.5, 0.6) is 0 Å². The van der Waals surface area contributed by atoms with Crippen LogP contribution in [-0.2, 0) is 9.53 Å². The molecule has 0 aromatic heterocycles. The van der Waals surface area contributed by atoms with Gasteiger partial charge in [-0.25, -0.2) is 0 Å². The van der Waals surface area contributed by atoms with Crippen molar-refractivity contribution < 1.29 is 9.53 Å². The molecule has 3 nitrogen and oxygen atoms in total. The molecule has 1 saturated carbocycles. The van der Waals surface area contributed by atoms with E-state index in [1.54, 1.807) is 0 Å². The van der Waals surface area contributed by atoms with Crippen LogP contribution < -0.4 is 0 Å². The Labute approximate surface area is 99.3 Å². The first-order valence-corrected chi connectivity index (χ1v) is 6.89. The van der Waals surface area contributed by atoms with E-state index in [0.29, 0.717) is 11.9 Å². The maximum absolute atomic E-state index is 12.2. The average molecular weight is 276 g/mol. The number of amides is 1. The van der Waals surface area contributed by atoms with Gasteiger partial charge in [0.2, 0.25) is 5.91 Å². The Morgan fingerprint density at radius 3 is 2.47 bits per heavy atom. The van der Waals surface area contributed by atoms with Crippen molar-refractivity contribution in [1.29, 1.82) is 0 Å². The van der Waals surface area contributed by atoms with Gasteiger partial charge in [0.1, 0.15) is 0 Å². The van der Waals surface area contributed by atoms with Crippen LogP contribution >= 0.6 is 15.9 Å². The summed E-state index contributed by atoms with van der Waals surface area (Å²) in [5, 5.41) is 0.887. The summed E-state index contributed by atoms with van der Waals surface area (Å²) in [6, 6.07) is 0.540. The van der Waals surface area contributed by atoms with Gasteiger partial charge in [-0.1, -0.05) is 15.9 Å². The van der Waals surface area contributed by atoms with Crippen LogP contribution in [0.1, 0.15) is 25.7 Å². The van der Waals surface area contributed by atoms with Gasteiger partial charge in [0.15, 0.2) is 0 Å². The van der Waals surface area contributed by atoms with E-state index in [-0.39, 0.29) is 5.92 Å². The van der Waals surface area contributed by atoms with Gasteiger partial charge in [-0.05, 0) is 25.7 Å². The second-order valence-corrected chi connectivity index (χ2v) is 5.13. The number of hydrogen-bond acceptors (Lipinski definition) is 2. The molecule has 1 amide bonds. The molecule has 0 unspecified atom stereocenters. The molecule has 0 spiro atoms. The van der Waals surface area contributed by atoms with Crippen molar-refractivity contribution in [3.8, 4) is 0 Å². The fourth-order valence-electron chi connectivity index (χ4n) is 2.13. The highest BCUT2D eigenvalue weighted by molar-refractivity contribution is 9.09. The van der Waals surface area contributed by atoms with Crippen molar-refractivity contribution in [3.05, 3.63) is 0 Å². The number of halogens is 1. The molecule has 4 heteroatoms. The molecule has 1 aliphatic heterocycles. The van der Waals surface area contributed by atoms with Gasteiger partial charge in [-0.15, -0.1) is 0 Å². The normalized spacial score (nSPS) is 22.7. The predicted octanol–water partition coefficient (Wildman–Crippen LogP) is 1.80. The molecule has 86 valence electrons. The van der Waals surface area contributed by atoms with Crippen molar-refractivity contribution in [2.45, 2.75) is 31.7 Å². The molecule has 0 aromatic carbocycles. The van der Waals surface area contributed by atoms with Crippen molar-refractivity contribution in [3.63, 3.8) is 0 Å². The van der Waals surface area contributed by atoms with E-state index < -0.39 is 0 Å². The third-order valence-corrected chi connectivity index (χ3v) is 3.52. The lowest BCUT2D eigenvalue weighted by molar-refractivity contribution is -0.138. The Bertz CT molecular complexity index is 225. The van der Waals surface area contributed by atoms with Gasteiger partial charge in [-0.3, -0.25) is 4.79 Å². The minimum absolute atomic E-state index is 0.221. The maximum Gasteiger partial charge on any atom is 0.226 e. The van der Waals surface area contributed by atoms with Gasteiger partial charge in [0.25, 0.3) is 0 Å². The molecule has 0 aromatic rings. The second-order valence-electron chi connectivity index (χ2n) is 4.34. The first kappa shape index (κ1) is 11.4. The highest BCUT2D eigenvalue weighted by atomic mass is 79.9. The standard InChI is InChI=1S/C11H18BrNO2/c12-5-6-13(10-1-2-10)11(14)9-3-7-15-8-4-9/h9-10H,1-8H2. The van der Waals surface area contributed by atoms with Crippen LogP contribution in [0.3, 0.4) is 0 Å². The second kappa shape index (κ2) is 5.30. The molecule has 15 heavy (non-hydrogen) atoms. The van der Waals surface area contributed by atoms with E-state index in [1.165, 1.54) is 12.8 Å². The van der Waals surface area contributed by atoms with Crippen molar-refractivity contribution in [1.82, 2.24) is 4.90 Å². The number of carbonyl (C=O) groups excluding carboxylic acids is 1. The summed E-state index contributed by atoms with van der Waals surface area (Å²) in [5.41, 5.74) is 0. The first-order chi connectivity index (χ1) is 7.33. The molecule has 1 aliphatic carbocycles. The molecule has 0 N–H and O–H groups in total. The molecule has 1 saturated heterocycles. The number of ether oxygens (including phenoxy) is 1. The zero-order valence-corrected chi connectivity index (χ0v) is 10.5. The van der Waals surface area contributed by atoms with Crippen LogP contribution in [-0.4, -0.2) is 41.9 Å². The number of alkyl halides is 1. The van der Waals surface area contributed by atoms with Gasteiger partial charge >= 0.3 is 0 Å². The lowest BCUT2D eigenvalue weighted by Gasteiger charge is -2.29. The Morgan fingerprint density at radius 1 is 1.27 bits per heavy atom. The van der Waals surface area contributed by atoms with E-state index in [4.69, 9.17) is 4.74 Å². The fourth-order valence-corrected chi connectivity index (χ4v) is 2.51. The quantitative estimate of drug-likeness (QED) is 0.733. The highest BCUT2D eigenvalue weighted by Gasteiger charge is 2.35. The third kappa shape index (κ3) is 2.94. The molecule has 2 fully saturated rings. The summed E-state index contributed by atoms with van der Waals surface area (Å²) >= 11 is 3.42. The zero-order chi connectivity index (χ0) is 10.7. The van der Waals surface area contributed by atoms with Crippen LogP contribution in [0.4, 0.5) is 0 Å². The van der Waals surface area contributed by atoms with Gasteiger partial charge in [-0.2, -0.15) is 0 Å². The van der Waals surface area contributed by atoms with Crippen molar-refractivity contribution >= 4 is 21.8 Å². The zero-order valence-electron chi connectivity index (χ0n) is 8.95. The SMILES string of the molecule is O=C(C1CCOCC1)N(CCBr)C1CC1. The molecular weight excluding hydrogens is 258 g/mol. The van der Waals surface area contributed by atoms with Gasteiger partial charge in [0, 0.05) is 37.0 Å². The fraction of sp³-hybridized carbons (Fsp3) is 0.909. The Balaban J connectivity index is 1.90. The lowest BCUT2D eigenvalue weighted by Crippen LogP contribution is -2.40. The van der Waals surface area contributed by atoms with Crippen LogP contribution in [0, 0.1) is 5.92 Å². The van der Waals surface area contributed by atoms with Gasteiger partial charge in [0.05, 0.1) is 0 Å². The molecule has 1 heterocycles. The number of nitrogens with zero attached hydrogens (tertiary/aromatic N) is 1. The Hall–Kier alpha value is -0.0900. The van der Waals surface area contributed by atoms with E-state index >= 15 is 0 Å². The number of carbonyl (C=O) groups is 1. The van der Waals surface area contributed by atoms with E-state index in [0.717, 1.165) is 37.9 Å². The third-order valence-electron chi connectivity index (χ3n) is 3.17. The molecule has 0 bridgehead atoms. The predicted molar refractivity (Wildman–Crippen MR) is 62.1 cm³/mol. The maximum atomic E-state index is 12.2. The molecular formula is C11H18BrNO2. The average Bonchev–Trinajstić information content (AvgIpc) is 3.10. The van der Waals surface area contributed by atoms with E-state index in [9.17, 15) is 4.79 Å². The molecule has 0 atom stereocenters. The molecule has 2 aliphatic rings. The summed E-state index contributed by atoms with van der Waals surface area (Å²) < 4.78 is 5.29. The van der Waals surface area contributed by atoms with Crippen molar-refractivity contribution in [2.75, 3.05) is 25.1 Å². The summed E-state index contributed by atoms with van der Waals surface area (Å²) in [5.74, 6) is 0.582. The van der Waals surface area contributed by atoms with Gasteiger partial charge < -0.3 is 9.64 Å². The molecule has 2 rings (SSSR count). The van der Waals surface area contributed by atoms with E-state index in [2.05, 4.69) is 20.8 Å².